The Morgan fingerprint density at radius 2 is 1.39 bits per heavy atom. The minimum atomic E-state index is -1.43. The van der Waals surface area contributed by atoms with Crippen molar-refractivity contribution in [1.29, 1.82) is 0 Å². The summed E-state index contributed by atoms with van der Waals surface area (Å²) >= 11 is 0. The van der Waals surface area contributed by atoms with Gasteiger partial charge in [0.15, 0.2) is 9.04 Å². The van der Waals surface area contributed by atoms with E-state index < -0.39 is 9.04 Å². The average Bonchev–Trinajstić information content (AvgIpc) is 2.46. The summed E-state index contributed by atoms with van der Waals surface area (Å²) in [5.41, 5.74) is 5.06. The lowest BCUT2D eigenvalue weighted by Crippen LogP contribution is -2.25. The van der Waals surface area contributed by atoms with Gasteiger partial charge in [-0.25, -0.2) is 0 Å². The molecule has 1 atom stereocenters. The van der Waals surface area contributed by atoms with E-state index in [0.717, 1.165) is 10.5 Å². The zero-order chi connectivity index (χ0) is 12.8. The average molecular weight is 270 g/mol. The van der Waals surface area contributed by atoms with Gasteiger partial charge in [-0.1, -0.05) is 66.4 Å². The standard InChI is InChI=1S/C15H18OSi2/c1-2-18(16-17)15(13-9-5-3-6-10-13)14-11-7-4-8-12-14/h2-12,15,18H,1H2,17H3. The van der Waals surface area contributed by atoms with Crippen molar-refractivity contribution < 1.29 is 4.12 Å². The maximum absolute atomic E-state index is 5.83. The largest absolute Gasteiger partial charge is 0.462 e. The Balaban J connectivity index is 2.44. The third-order valence-electron chi connectivity index (χ3n) is 3.15. The zero-order valence-electron chi connectivity index (χ0n) is 10.6. The molecule has 1 unspecified atom stereocenters. The lowest BCUT2D eigenvalue weighted by Gasteiger charge is -2.23. The molecule has 0 spiro atoms. The highest BCUT2D eigenvalue weighted by Crippen LogP contribution is 2.27. The Hall–Kier alpha value is -1.43. The van der Waals surface area contributed by atoms with Gasteiger partial charge in [0, 0.05) is 5.54 Å². The van der Waals surface area contributed by atoms with Crippen molar-refractivity contribution in [3.05, 3.63) is 84.1 Å². The van der Waals surface area contributed by atoms with Gasteiger partial charge in [-0.15, -0.1) is 6.58 Å². The van der Waals surface area contributed by atoms with Crippen LogP contribution in [0.25, 0.3) is 0 Å². The quantitative estimate of drug-likeness (QED) is 0.756. The van der Waals surface area contributed by atoms with E-state index in [-0.39, 0.29) is 0 Å². The molecule has 0 saturated carbocycles. The molecule has 0 saturated heterocycles. The van der Waals surface area contributed by atoms with Crippen LogP contribution in [0.2, 0.25) is 0 Å². The lowest BCUT2D eigenvalue weighted by molar-refractivity contribution is 0.630. The molecule has 0 amide bonds. The molecule has 2 aromatic rings. The van der Waals surface area contributed by atoms with Gasteiger partial charge >= 0.3 is 0 Å². The van der Waals surface area contributed by atoms with Crippen molar-refractivity contribution in [3.63, 3.8) is 0 Å². The third-order valence-corrected chi connectivity index (χ3v) is 7.22. The van der Waals surface area contributed by atoms with Crippen LogP contribution in [-0.2, 0) is 4.12 Å². The lowest BCUT2D eigenvalue weighted by atomic mass is 10.0. The summed E-state index contributed by atoms with van der Waals surface area (Å²) in [7, 11) is -0.662. The molecule has 0 aromatic heterocycles. The number of rotatable bonds is 5. The first kappa shape index (κ1) is 13.0. The minimum Gasteiger partial charge on any atom is -0.462 e. The highest BCUT2D eigenvalue weighted by Gasteiger charge is 2.23. The molecule has 18 heavy (non-hydrogen) atoms. The van der Waals surface area contributed by atoms with Crippen LogP contribution in [0.4, 0.5) is 0 Å². The maximum Gasteiger partial charge on any atom is 0.199 e. The van der Waals surface area contributed by atoms with Gasteiger partial charge in [-0.05, 0) is 11.1 Å². The molecule has 0 heterocycles. The molecule has 0 radical (unpaired) electrons. The molecular weight excluding hydrogens is 252 g/mol. The molecule has 92 valence electrons. The summed E-state index contributed by atoms with van der Waals surface area (Å²) in [4.78, 5) is 0. The van der Waals surface area contributed by atoms with Crippen LogP contribution in [0.1, 0.15) is 16.7 Å². The van der Waals surface area contributed by atoms with Crippen LogP contribution in [0.3, 0.4) is 0 Å². The Bertz CT molecular complexity index is 445. The van der Waals surface area contributed by atoms with Gasteiger partial charge in [-0.2, -0.15) is 0 Å². The third kappa shape index (κ3) is 2.87. The van der Waals surface area contributed by atoms with E-state index in [4.69, 9.17) is 4.12 Å². The molecule has 0 bridgehead atoms. The fourth-order valence-electron chi connectivity index (χ4n) is 2.26. The van der Waals surface area contributed by atoms with Crippen LogP contribution >= 0.6 is 0 Å². The van der Waals surface area contributed by atoms with E-state index in [1.54, 1.807) is 0 Å². The van der Waals surface area contributed by atoms with E-state index in [9.17, 15) is 0 Å². The van der Waals surface area contributed by atoms with E-state index >= 15 is 0 Å². The molecule has 0 aliphatic rings. The van der Waals surface area contributed by atoms with Gasteiger partial charge in [0.05, 0.1) is 0 Å². The monoisotopic (exact) mass is 270 g/mol. The van der Waals surface area contributed by atoms with Crippen molar-refractivity contribution in [2.45, 2.75) is 5.54 Å². The van der Waals surface area contributed by atoms with Crippen molar-refractivity contribution in [1.82, 2.24) is 0 Å². The Morgan fingerprint density at radius 1 is 0.944 bits per heavy atom. The second-order valence-corrected chi connectivity index (χ2v) is 8.19. The topological polar surface area (TPSA) is 9.23 Å². The fraction of sp³-hybridized carbons (Fsp3) is 0.0667. The van der Waals surface area contributed by atoms with Crippen LogP contribution in [0.15, 0.2) is 72.9 Å². The van der Waals surface area contributed by atoms with E-state index in [0.29, 0.717) is 5.54 Å². The molecule has 0 N–H and O–H groups in total. The predicted molar refractivity (Wildman–Crippen MR) is 83.1 cm³/mol. The van der Waals surface area contributed by atoms with Crippen molar-refractivity contribution in [2.24, 2.45) is 0 Å². The summed E-state index contributed by atoms with van der Waals surface area (Å²) in [5, 5.41) is 0. The van der Waals surface area contributed by atoms with Crippen molar-refractivity contribution in [3.8, 4) is 0 Å². The first-order valence-electron chi connectivity index (χ1n) is 6.12. The fourth-order valence-corrected chi connectivity index (χ4v) is 5.59. The smallest absolute Gasteiger partial charge is 0.199 e. The van der Waals surface area contributed by atoms with Crippen LogP contribution < -0.4 is 0 Å². The van der Waals surface area contributed by atoms with E-state index in [1.807, 2.05) is 5.70 Å². The first-order chi connectivity index (χ1) is 8.86. The summed E-state index contributed by atoms with van der Waals surface area (Å²) < 4.78 is 5.83. The first-order valence-corrected chi connectivity index (χ1v) is 8.74. The Labute approximate surface area is 113 Å². The molecule has 0 fully saturated rings. The van der Waals surface area contributed by atoms with Crippen molar-refractivity contribution in [2.75, 3.05) is 0 Å². The highest BCUT2D eigenvalue weighted by atomic mass is 28.3. The van der Waals surface area contributed by atoms with E-state index in [1.165, 1.54) is 11.1 Å². The second-order valence-electron chi connectivity index (χ2n) is 4.24. The molecular formula is C15H18OSi2. The highest BCUT2D eigenvalue weighted by molar-refractivity contribution is 6.63. The molecule has 3 heteroatoms. The van der Waals surface area contributed by atoms with Gasteiger partial charge in [-0.3, -0.25) is 0 Å². The normalized spacial score (nSPS) is 12.5. The van der Waals surface area contributed by atoms with Gasteiger partial charge in [0.25, 0.3) is 0 Å². The molecule has 1 nitrogen and oxygen atoms in total. The van der Waals surface area contributed by atoms with Gasteiger partial charge < -0.3 is 4.12 Å². The second kappa shape index (κ2) is 6.49. The van der Waals surface area contributed by atoms with Crippen LogP contribution in [0, 0.1) is 0 Å². The predicted octanol–water partition coefficient (Wildman–Crippen LogP) is 2.10. The maximum atomic E-state index is 5.83. The number of benzene rings is 2. The van der Waals surface area contributed by atoms with Gasteiger partial charge in [0.2, 0.25) is 0 Å². The zero-order valence-corrected chi connectivity index (χ0v) is 13.8. The summed E-state index contributed by atoms with van der Waals surface area (Å²) in [6.45, 7) is 3.96. The Morgan fingerprint density at radius 3 is 1.72 bits per heavy atom. The van der Waals surface area contributed by atoms with Gasteiger partial charge in [0.1, 0.15) is 10.5 Å². The molecule has 2 rings (SSSR count). The van der Waals surface area contributed by atoms with Crippen molar-refractivity contribution >= 4 is 19.5 Å². The molecule has 0 aliphatic heterocycles. The van der Waals surface area contributed by atoms with Crippen LogP contribution in [0.5, 0.6) is 0 Å². The molecule has 0 aliphatic carbocycles. The molecule has 2 aromatic carbocycles. The summed E-state index contributed by atoms with van der Waals surface area (Å²) in [5.74, 6) is 0. The summed E-state index contributed by atoms with van der Waals surface area (Å²) in [6.07, 6.45) is 0. The van der Waals surface area contributed by atoms with Crippen LogP contribution in [-0.4, -0.2) is 19.5 Å². The van der Waals surface area contributed by atoms with E-state index in [2.05, 4.69) is 67.2 Å². The minimum absolute atomic E-state index is 0.363. The number of hydrogen-bond donors (Lipinski definition) is 0. The SMILES string of the molecule is C=C[SiH](O[SiH3])C(c1ccccc1)c1ccccc1. The Kier molecular flexibility index (Phi) is 4.69. The number of hydrogen-bond acceptors (Lipinski definition) is 1. The summed E-state index contributed by atoms with van der Waals surface area (Å²) in [6, 6.07) is 21.2.